The number of hydrogen-bond acceptors (Lipinski definition) is 4. The number of aromatic nitrogens is 3. The van der Waals surface area contributed by atoms with Crippen LogP contribution in [0, 0.1) is 12.8 Å². The molecule has 0 amide bonds. The summed E-state index contributed by atoms with van der Waals surface area (Å²) in [6.45, 7) is 6.43. The standard InChI is InChI=1S/C25H28BClN4O/c1-17-28-10-13-30(17)16-20-14-19-4-3-9-29-25(19)24(22-6-5-21(27)15-23(20)22)18-7-11-31(12-8-18)26(2)32/h3-6,9-10,13-15,18,24,32H,7-8,11-12,16H2,1-2H3. The van der Waals surface area contributed by atoms with Crippen LogP contribution in [0.5, 0.6) is 0 Å². The number of nitrogens with zero attached hydrogens (tertiary/aromatic N) is 4. The summed E-state index contributed by atoms with van der Waals surface area (Å²) in [4.78, 5) is 11.5. The highest BCUT2D eigenvalue weighted by atomic mass is 35.5. The lowest BCUT2D eigenvalue weighted by molar-refractivity contribution is 0.235. The van der Waals surface area contributed by atoms with Gasteiger partial charge in [-0.15, -0.1) is 0 Å². The SMILES string of the molecule is CB(O)N1CCC(C2c3ccc(Cl)cc3C(Cn3ccnc3C)=Cc3cccnc32)CC1. The van der Waals surface area contributed by atoms with E-state index in [-0.39, 0.29) is 5.92 Å². The second kappa shape index (κ2) is 8.85. The normalized spacial score (nSPS) is 19.1. The zero-order valence-electron chi connectivity index (χ0n) is 18.6. The average molecular weight is 447 g/mol. The summed E-state index contributed by atoms with van der Waals surface area (Å²) < 4.78 is 2.17. The van der Waals surface area contributed by atoms with Crippen molar-refractivity contribution >= 4 is 30.3 Å². The van der Waals surface area contributed by atoms with Gasteiger partial charge < -0.3 is 14.4 Å². The largest absolute Gasteiger partial charge is 0.437 e. The van der Waals surface area contributed by atoms with Crippen LogP contribution in [0.15, 0.2) is 48.9 Å². The molecule has 1 saturated heterocycles. The number of halogens is 1. The van der Waals surface area contributed by atoms with E-state index in [9.17, 15) is 5.02 Å². The van der Waals surface area contributed by atoms with Crippen LogP contribution in [0.2, 0.25) is 11.8 Å². The lowest BCUT2D eigenvalue weighted by Crippen LogP contribution is -2.44. The molecular formula is C25H28BClN4O. The predicted octanol–water partition coefficient (Wildman–Crippen LogP) is 4.75. The molecule has 1 aromatic carbocycles. The summed E-state index contributed by atoms with van der Waals surface area (Å²) >= 11 is 6.51. The molecule has 5 nitrogen and oxygen atoms in total. The van der Waals surface area contributed by atoms with Crippen molar-refractivity contribution < 1.29 is 5.02 Å². The summed E-state index contributed by atoms with van der Waals surface area (Å²) in [7, 11) is -0.395. The third-order valence-corrected chi connectivity index (χ3v) is 7.27. The molecule has 7 heteroatoms. The van der Waals surface area contributed by atoms with E-state index in [1.807, 2.05) is 44.5 Å². The number of rotatable bonds is 4. The second-order valence-electron chi connectivity index (χ2n) is 8.96. The number of hydrogen-bond donors (Lipinski definition) is 1. The number of fused-ring (bicyclic) bond motifs is 2. The Hall–Kier alpha value is -2.41. The van der Waals surface area contributed by atoms with Gasteiger partial charge >= 0.3 is 7.05 Å². The van der Waals surface area contributed by atoms with Crippen molar-refractivity contribution in [2.75, 3.05) is 13.1 Å². The predicted molar refractivity (Wildman–Crippen MR) is 131 cm³/mol. The van der Waals surface area contributed by atoms with Crippen molar-refractivity contribution in [3.8, 4) is 0 Å². The molecule has 1 fully saturated rings. The van der Waals surface area contributed by atoms with Crippen molar-refractivity contribution in [3.63, 3.8) is 0 Å². The molecule has 1 unspecified atom stereocenters. The minimum Gasteiger partial charge on any atom is -0.437 e. The van der Waals surface area contributed by atoms with Gasteiger partial charge in [-0.1, -0.05) is 23.7 Å². The Morgan fingerprint density at radius 3 is 2.69 bits per heavy atom. The Bertz CT molecular complexity index is 1150. The van der Waals surface area contributed by atoms with Gasteiger partial charge in [0.2, 0.25) is 0 Å². The van der Waals surface area contributed by atoms with Crippen molar-refractivity contribution in [1.29, 1.82) is 0 Å². The third-order valence-electron chi connectivity index (χ3n) is 7.03. The molecule has 1 N–H and O–H groups in total. The van der Waals surface area contributed by atoms with Crippen LogP contribution in [-0.4, -0.2) is 44.5 Å². The zero-order valence-corrected chi connectivity index (χ0v) is 19.3. The molecule has 1 aliphatic heterocycles. The number of allylic oxidation sites excluding steroid dienone is 1. The summed E-state index contributed by atoms with van der Waals surface area (Å²) in [6, 6.07) is 10.5. The van der Waals surface area contributed by atoms with Crippen molar-refractivity contribution in [2.24, 2.45) is 5.92 Å². The van der Waals surface area contributed by atoms with Gasteiger partial charge in [0.1, 0.15) is 5.82 Å². The molecule has 3 heterocycles. The Labute approximate surface area is 194 Å². The quantitative estimate of drug-likeness (QED) is 0.588. The minimum atomic E-state index is -0.395. The van der Waals surface area contributed by atoms with E-state index in [4.69, 9.17) is 16.6 Å². The molecule has 5 rings (SSSR count). The number of imidazole rings is 1. The van der Waals surface area contributed by atoms with E-state index in [1.165, 1.54) is 22.3 Å². The molecule has 164 valence electrons. The maximum Gasteiger partial charge on any atom is 0.376 e. The average Bonchev–Trinajstić information content (AvgIpc) is 3.14. The Kier molecular flexibility index (Phi) is 5.93. The van der Waals surface area contributed by atoms with Crippen LogP contribution in [0.3, 0.4) is 0 Å². The Morgan fingerprint density at radius 1 is 1.16 bits per heavy atom. The van der Waals surface area contributed by atoms with E-state index in [0.717, 1.165) is 49.0 Å². The fourth-order valence-corrected chi connectivity index (χ4v) is 5.46. The first-order chi connectivity index (χ1) is 15.5. The molecule has 0 radical (unpaired) electrons. The van der Waals surface area contributed by atoms with Crippen molar-refractivity contribution in [1.82, 2.24) is 19.3 Å². The fraction of sp³-hybridized carbons (Fsp3) is 0.360. The lowest BCUT2D eigenvalue weighted by Gasteiger charge is -2.37. The van der Waals surface area contributed by atoms with Gasteiger partial charge in [0.15, 0.2) is 0 Å². The summed E-state index contributed by atoms with van der Waals surface area (Å²) in [5, 5.41) is 10.8. The molecule has 1 aliphatic carbocycles. The minimum absolute atomic E-state index is 0.201. The van der Waals surface area contributed by atoms with E-state index in [1.54, 1.807) is 0 Å². The monoisotopic (exact) mass is 446 g/mol. The Balaban J connectivity index is 1.61. The number of piperidine rings is 1. The molecule has 1 atom stereocenters. The van der Waals surface area contributed by atoms with Crippen molar-refractivity contribution in [3.05, 3.63) is 82.2 Å². The fourth-order valence-electron chi connectivity index (χ4n) is 5.29. The van der Waals surface area contributed by atoms with Crippen LogP contribution in [0.1, 0.15) is 47.0 Å². The van der Waals surface area contributed by atoms with Gasteiger partial charge in [0, 0.05) is 36.1 Å². The van der Waals surface area contributed by atoms with E-state index >= 15 is 0 Å². The maximum atomic E-state index is 10.0. The molecule has 0 spiro atoms. The molecule has 2 aromatic heterocycles. The molecule has 0 bridgehead atoms. The van der Waals surface area contributed by atoms with Gasteiger partial charge in [-0.05, 0) is 92.1 Å². The highest BCUT2D eigenvalue weighted by Crippen LogP contribution is 2.45. The third kappa shape index (κ3) is 4.03. The van der Waals surface area contributed by atoms with Gasteiger partial charge in [-0.2, -0.15) is 0 Å². The van der Waals surface area contributed by atoms with E-state index in [2.05, 4.69) is 38.6 Å². The van der Waals surface area contributed by atoms with Crippen molar-refractivity contribution in [2.45, 2.75) is 39.1 Å². The number of aryl methyl sites for hydroxylation is 1. The molecule has 3 aromatic rings. The maximum absolute atomic E-state index is 10.0. The molecule has 0 saturated carbocycles. The summed E-state index contributed by atoms with van der Waals surface area (Å²) in [6.07, 6.45) is 10.1. The molecular weight excluding hydrogens is 419 g/mol. The van der Waals surface area contributed by atoms with Crippen LogP contribution in [0.4, 0.5) is 0 Å². The first-order valence-corrected chi connectivity index (χ1v) is 11.7. The topological polar surface area (TPSA) is 54.2 Å². The van der Waals surface area contributed by atoms with Crippen LogP contribution in [-0.2, 0) is 6.54 Å². The van der Waals surface area contributed by atoms with Gasteiger partial charge in [0.25, 0.3) is 0 Å². The van der Waals surface area contributed by atoms with Crippen LogP contribution in [0.25, 0.3) is 11.6 Å². The molecule has 32 heavy (non-hydrogen) atoms. The highest BCUT2D eigenvalue weighted by Gasteiger charge is 2.35. The highest BCUT2D eigenvalue weighted by molar-refractivity contribution is 6.45. The van der Waals surface area contributed by atoms with Gasteiger partial charge in [0.05, 0.1) is 5.69 Å². The summed E-state index contributed by atoms with van der Waals surface area (Å²) in [5.41, 5.74) is 6.04. The van der Waals surface area contributed by atoms with Crippen LogP contribution >= 0.6 is 11.6 Å². The zero-order chi connectivity index (χ0) is 22.2. The van der Waals surface area contributed by atoms with Gasteiger partial charge in [-0.3, -0.25) is 4.98 Å². The van der Waals surface area contributed by atoms with E-state index in [0.29, 0.717) is 5.92 Å². The van der Waals surface area contributed by atoms with Crippen LogP contribution < -0.4 is 0 Å². The lowest BCUT2D eigenvalue weighted by atomic mass is 9.73. The first-order valence-electron chi connectivity index (χ1n) is 11.4. The summed E-state index contributed by atoms with van der Waals surface area (Å²) in [5.74, 6) is 1.65. The van der Waals surface area contributed by atoms with E-state index < -0.39 is 7.05 Å². The smallest absolute Gasteiger partial charge is 0.376 e. The number of benzene rings is 1. The van der Waals surface area contributed by atoms with Gasteiger partial charge in [-0.25, -0.2) is 4.98 Å². The Morgan fingerprint density at radius 2 is 1.97 bits per heavy atom. The number of pyridine rings is 1. The second-order valence-corrected chi connectivity index (χ2v) is 9.40. The first kappa shape index (κ1) is 21.4. The molecule has 2 aliphatic rings.